The Balaban J connectivity index is 1.47. The molecule has 0 aliphatic carbocycles. The molecule has 0 saturated carbocycles. The molecule has 8 heteroatoms. The van der Waals surface area contributed by atoms with Crippen LogP contribution < -0.4 is 5.43 Å². The van der Waals surface area contributed by atoms with Crippen molar-refractivity contribution in [2.45, 2.75) is 13.8 Å². The smallest absolute Gasteiger partial charge is 0.197 e. The van der Waals surface area contributed by atoms with Gasteiger partial charge in [-0.2, -0.15) is 5.10 Å². The monoisotopic (exact) mass is 388 g/mol. The Kier molecular flexibility index (Phi) is 3.91. The second-order valence-electron chi connectivity index (χ2n) is 6.34. The molecule has 4 heterocycles. The molecule has 0 amide bonds. The first-order valence-corrected chi connectivity index (χ1v) is 9.60. The molecule has 4 aromatic heterocycles. The van der Waals surface area contributed by atoms with Gasteiger partial charge >= 0.3 is 0 Å². The molecule has 0 unspecified atom stereocenters. The molecule has 0 bridgehead atoms. The number of anilines is 1. The van der Waals surface area contributed by atoms with Crippen LogP contribution in [0.25, 0.3) is 27.2 Å². The molecule has 0 fully saturated rings. The van der Waals surface area contributed by atoms with Crippen LogP contribution in [0.5, 0.6) is 0 Å². The number of hydrogen-bond acceptors (Lipinski definition) is 7. The lowest BCUT2D eigenvalue weighted by molar-refractivity contribution is 0.667. The molecule has 5 aromatic rings. The Hall–Kier alpha value is -3.52. The van der Waals surface area contributed by atoms with Crippen molar-refractivity contribution in [1.29, 1.82) is 0 Å². The number of hydrogen-bond donors (Lipinski definition) is 1. The van der Waals surface area contributed by atoms with Gasteiger partial charge in [0.05, 0.1) is 6.21 Å². The van der Waals surface area contributed by atoms with Crippen LogP contribution in [0.3, 0.4) is 0 Å². The van der Waals surface area contributed by atoms with Crippen LogP contribution in [0.15, 0.2) is 57.8 Å². The maximum absolute atomic E-state index is 5.91. The number of aryl methyl sites for hydroxylation is 1. The van der Waals surface area contributed by atoms with Gasteiger partial charge in [-0.15, -0.1) is 11.3 Å². The summed E-state index contributed by atoms with van der Waals surface area (Å²) in [5.41, 5.74) is 8.32. The summed E-state index contributed by atoms with van der Waals surface area (Å²) < 4.78 is 8.03. The lowest BCUT2D eigenvalue weighted by atomic mass is 10.2. The Bertz CT molecular complexity index is 1320. The topological polar surface area (TPSA) is 81.1 Å². The van der Waals surface area contributed by atoms with Crippen LogP contribution in [-0.2, 0) is 0 Å². The van der Waals surface area contributed by atoms with E-state index in [4.69, 9.17) is 4.42 Å². The van der Waals surface area contributed by atoms with Gasteiger partial charge in [-0.3, -0.25) is 9.99 Å². The maximum Gasteiger partial charge on any atom is 0.197 e. The Morgan fingerprint density at radius 1 is 1.18 bits per heavy atom. The van der Waals surface area contributed by atoms with Crippen LogP contribution in [0.4, 0.5) is 5.82 Å². The predicted molar refractivity (Wildman–Crippen MR) is 111 cm³/mol. The van der Waals surface area contributed by atoms with Crippen molar-refractivity contribution in [3.8, 4) is 5.13 Å². The van der Waals surface area contributed by atoms with Gasteiger partial charge in [-0.1, -0.05) is 12.1 Å². The number of thiazole rings is 1. The normalized spacial score (nSPS) is 11.8. The number of para-hydroxylation sites is 1. The first kappa shape index (κ1) is 16.6. The van der Waals surface area contributed by atoms with E-state index in [1.807, 2.05) is 35.8 Å². The van der Waals surface area contributed by atoms with Crippen molar-refractivity contribution in [1.82, 2.24) is 19.5 Å². The van der Waals surface area contributed by atoms with Gasteiger partial charge in [0.1, 0.15) is 17.4 Å². The van der Waals surface area contributed by atoms with E-state index in [1.165, 1.54) is 6.33 Å². The zero-order valence-corrected chi connectivity index (χ0v) is 16.1. The summed E-state index contributed by atoms with van der Waals surface area (Å²) in [7, 11) is 0. The fraction of sp³-hybridized carbons (Fsp3) is 0.100. The molecule has 1 N–H and O–H groups in total. The van der Waals surface area contributed by atoms with Crippen molar-refractivity contribution in [2.24, 2.45) is 5.10 Å². The molecule has 7 nitrogen and oxygen atoms in total. The summed E-state index contributed by atoms with van der Waals surface area (Å²) in [6, 6.07) is 9.87. The van der Waals surface area contributed by atoms with Gasteiger partial charge in [-0.25, -0.2) is 15.0 Å². The fourth-order valence-corrected chi connectivity index (χ4v) is 4.06. The van der Waals surface area contributed by atoms with Crippen molar-refractivity contribution >= 4 is 45.4 Å². The van der Waals surface area contributed by atoms with Crippen molar-refractivity contribution in [3.63, 3.8) is 0 Å². The standard InChI is InChI=1S/C20H16N6OS/c1-12-9-14(13(2)26(12)20-21-7-8-28-20)10-24-25-19-18-17(22-11-23-19)15-5-3-4-6-16(15)27-18/h3-11H,1-2H3,(H,22,23,25)/b24-10-. The highest BCUT2D eigenvalue weighted by atomic mass is 32.1. The maximum atomic E-state index is 5.91. The molecule has 1 aromatic carbocycles. The van der Waals surface area contributed by atoms with Crippen LogP contribution in [0.2, 0.25) is 0 Å². The molecule has 0 radical (unpaired) electrons. The molecule has 0 atom stereocenters. The number of nitrogens with one attached hydrogen (secondary N) is 1. The zero-order valence-electron chi connectivity index (χ0n) is 15.2. The number of benzene rings is 1. The van der Waals surface area contributed by atoms with Crippen molar-refractivity contribution in [3.05, 3.63) is 65.2 Å². The van der Waals surface area contributed by atoms with E-state index in [1.54, 1.807) is 17.6 Å². The number of fused-ring (bicyclic) bond motifs is 3. The third-order valence-electron chi connectivity index (χ3n) is 4.61. The van der Waals surface area contributed by atoms with Crippen LogP contribution in [-0.4, -0.2) is 25.7 Å². The number of rotatable bonds is 4. The molecule has 0 saturated heterocycles. The quantitative estimate of drug-likeness (QED) is 0.357. The van der Waals surface area contributed by atoms with E-state index in [0.717, 1.165) is 38.6 Å². The largest absolute Gasteiger partial charge is 0.450 e. The summed E-state index contributed by atoms with van der Waals surface area (Å²) >= 11 is 1.60. The molecule has 28 heavy (non-hydrogen) atoms. The predicted octanol–water partition coefficient (Wildman–Crippen LogP) is 4.69. The van der Waals surface area contributed by atoms with Gasteiger partial charge in [0.2, 0.25) is 0 Å². The Labute approximate surface area is 164 Å². The summed E-state index contributed by atoms with van der Waals surface area (Å²) in [6.07, 6.45) is 5.10. The second kappa shape index (κ2) is 6.58. The van der Waals surface area contributed by atoms with Gasteiger partial charge < -0.3 is 4.42 Å². The van der Waals surface area contributed by atoms with E-state index in [9.17, 15) is 0 Å². The molecule has 0 aliphatic rings. The number of hydrazone groups is 1. The minimum atomic E-state index is 0.534. The summed E-state index contributed by atoms with van der Waals surface area (Å²) in [4.78, 5) is 13.0. The minimum absolute atomic E-state index is 0.534. The summed E-state index contributed by atoms with van der Waals surface area (Å²) in [5.74, 6) is 0.534. The fourth-order valence-electron chi connectivity index (χ4n) is 3.31. The zero-order chi connectivity index (χ0) is 19.1. The molecule has 0 spiro atoms. The van der Waals surface area contributed by atoms with E-state index >= 15 is 0 Å². The average Bonchev–Trinajstić information content (AvgIpc) is 3.41. The Morgan fingerprint density at radius 2 is 2.07 bits per heavy atom. The Morgan fingerprint density at radius 3 is 2.93 bits per heavy atom. The molecular formula is C20H16N6OS. The van der Waals surface area contributed by atoms with E-state index in [-0.39, 0.29) is 0 Å². The second-order valence-corrected chi connectivity index (χ2v) is 7.22. The lowest BCUT2D eigenvalue weighted by Gasteiger charge is -2.04. The average molecular weight is 388 g/mol. The van der Waals surface area contributed by atoms with Crippen molar-refractivity contribution < 1.29 is 4.42 Å². The highest BCUT2D eigenvalue weighted by Gasteiger charge is 2.13. The van der Waals surface area contributed by atoms with Crippen LogP contribution in [0, 0.1) is 13.8 Å². The molecule has 0 aliphatic heterocycles. The minimum Gasteiger partial charge on any atom is -0.450 e. The third kappa shape index (κ3) is 2.66. The van der Waals surface area contributed by atoms with Gasteiger partial charge in [0.25, 0.3) is 0 Å². The first-order chi connectivity index (χ1) is 13.7. The lowest BCUT2D eigenvalue weighted by Crippen LogP contribution is -1.99. The molecule has 138 valence electrons. The van der Waals surface area contributed by atoms with Gasteiger partial charge in [0, 0.05) is 33.9 Å². The third-order valence-corrected chi connectivity index (χ3v) is 5.37. The highest BCUT2D eigenvalue weighted by molar-refractivity contribution is 7.12. The number of aromatic nitrogens is 4. The van der Waals surface area contributed by atoms with Gasteiger partial charge in [-0.05, 0) is 32.0 Å². The first-order valence-electron chi connectivity index (χ1n) is 8.72. The number of furan rings is 1. The van der Waals surface area contributed by atoms with E-state index in [2.05, 4.69) is 50.0 Å². The number of nitrogens with zero attached hydrogens (tertiary/aromatic N) is 5. The summed E-state index contributed by atoms with van der Waals surface area (Å²) in [5, 5.41) is 8.25. The van der Waals surface area contributed by atoms with Gasteiger partial charge in [0.15, 0.2) is 16.5 Å². The van der Waals surface area contributed by atoms with E-state index in [0.29, 0.717) is 11.4 Å². The van der Waals surface area contributed by atoms with E-state index < -0.39 is 0 Å². The SMILES string of the molecule is Cc1cc(/C=N\Nc2ncnc3c2oc2ccccc23)c(C)n1-c1nccs1. The van der Waals surface area contributed by atoms with Crippen LogP contribution >= 0.6 is 11.3 Å². The molecular weight excluding hydrogens is 372 g/mol. The highest BCUT2D eigenvalue weighted by Crippen LogP contribution is 2.30. The summed E-state index contributed by atoms with van der Waals surface area (Å²) in [6.45, 7) is 4.11. The van der Waals surface area contributed by atoms with Crippen molar-refractivity contribution in [2.75, 3.05) is 5.43 Å². The molecule has 5 rings (SSSR count). The van der Waals surface area contributed by atoms with Crippen LogP contribution in [0.1, 0.15) is 17.0 Å².